The fraction of sp³-hybridized carbons (Fsp3) is 0. The zero-order valence-electron chi connectivity index (χ0n) is 10.4. The average Bonchev–Trinajstić information content (AvgIpc) is 2.84. The van der Waals surface area contributed by atoms with E-state index in [1.807, 2.05) is 0 Å². The Morgan fingerprint density at radius 2 is 2.05 bits per heavy atom. The SMILES string of the molecule is O=C(Nc1noc2ccc(Br)cc12)c1cccc(F)c1F. The molecule has 3 rings (SSSR count). The Kier molecular flexibility index (Phi) is 3.42. The molecule has 0 saturated carbocycles. The summed E-state index contributed by atoms with van der Waals surface area (Å²) in [4.78, 5) is 12.0. The number of hydrogen-bond acceptors (Lipinski definition) is 3. The van der Waals surface area contributed by atoms with Crippen LogP contribution in [0.25, 0.3) is 11.0 Å². The monoisotopic (exact) mass is 352 g/mol. The summed E-state index contributed by atoms with van der Waals surface area (Å²) in [5, 5.41) is 6.67. The molecular formula is C14H7BrF2N2O2. The number of anilines is 1. The van der Waals surface area contributed by atoms with Crippen molar-refractivity contribution in [2.75, 3.05) is 5.32 Å². The Labute approximate surface area is 125 Å². The Morgan fingerprint density at radius 1 is 1.24 bits per heavy atom. The molecule has 4 nitrogen and oxygen atoms in total. The molecule has 0 fully saturated rings. The molecule has 0 aliphatic heterocycles. The molecule has 1 heterocycles. The van der Waals surface area contributed by atoms with Gasteiger partial charge in [-0.05, 0) is 30.3 Å². The summed E-state index contributed by atoms with van der Waals surface area (Å²) < 4.78 is 32.5. The van der Waals surface area contributed by atoms with Crippen molar-refractivity contribution in [3.05, 3.63) is 58.1 Å². The van der Waals surface area contributed by atoms with E-state index in [9.17, 15) is 13.6 Å². The highest BCUT2D eigenvalue weighted by molar-refractivity contribution is 9.10. The van der Waals surface area contributed by atoms with E-state index in [1.165, 1.54) is 12.1 Å². The minimum Gasteiger partial charge on any atom is -0.354 e. The average molecular weight is 353 g/mol. The van der Waals surface area contributed by atoms with Crippen molar-refractivity contribution in [3.63, 3.8) is 0 Å². The van der Waals surface area contributed by atoms with Crippen LogP contribution in [0.3, 0.4) is 0 Å². The third-order valence-corrected chi connectivity index (χ3v) is 3.35. The number of aromatic nitrogens is 1. The van der Waals surface area contributed by atoms with Crippen molar-refractivity contribution < 1.29 is 18.1 Å². The Balaban J connectivity index is 1.96. The van der Waals surface area contributed by atoms with Gasteiger partial charge in [0.05, 0.1) is 10.9 Å². The van der Waals surface area contributed by atoms with Gasteiger partial charge in [-0.25, -0.2) is 8.78 Å². The first-order valence-electron chi connectivity index (χ1n) is 5.86. The molecule has 3 aromatic rings. The van der Waals surface area contributed by atoms with Gasteiger partial charge in [-0.3, -0.25) is 4.79 Å². The number of halogens is 3. The molecule has 0 unspecified atom stereocenters. The van der Waals surface area contributed by atoms with E-state index in [4.69, 9.17) is 4.52 Å². The molecule has 0 spiro atoms. The zero-order chi connectivity index (χ0) is 15.0. The normalized spacial score (nSPS) is 10.8. The van der Waals surface area contributed by atoms with Gasteiger partial charge in [0.2, 0.25) is 0 Å². The zero-order valence-corrected chi connectivity index (χ0v) is 11.9. The first-order valence-corrected chi connectivity index (χ1v) is 6.66. The number of carbonyl (C=O) groups is 1. The van der Waals surface area contributed by atoms with Gasteiger partial charge >= 0.3 is 0 Å². The van der Waals surface area contributed by atoms with Gasteiger partial charge in [0.1, 0.15) is 0 Å². The van der Waals surface area contributed by atoms with Crippen molar-refractivity contribution >= 4 is 38.6 Å². The minimum absolute atomic E-state index is 0.139. The van der Waals surface area contributed by atoms with Gasteiger partial charge < -0.3 is 9.84 Å². The molecule has 0 saturated heterocycles. The number of amides is 1. The van der Waals surface area contributed by atoms with Crippen LogP contribution in [-0.2, 0) is 0 Å². The van der Waals surface area contributed by atoms with Gasteiger partial charge in [0, 0.05) is 4.47 Å². The largest absolute Gasteiger partial charge is 0.354 e. The first kappa shape index (κ1) is 13.7. The van der Waals surface area contributed by atoms with Crippen molar-refractivity contribution in [1.29, 1.82) is 0 Å². The van der Waals surface area contributed by atoms with Gasteiger partial charge in [0.15, 0.2) is 23.0 Å². The number of nitrogens with zero attached hydrogens (tertiary/aromatic N) is 1. The van der Waals surface area contributed by atoms with Crippen LogP contribution in [0.1, 0.15) is 10.4 Å². The van der Waals surface area contributed by atoms with E-state index < -0.39 is 23.1 Å². The van der Waals surface area contributed by atoms with Crippen molar-refractivity contribution in [3.8, 4) is 0 Å². The third-order valence-electron chi connectivity index (χ3n) is 2.86. The third kappa shape index (κ3) is 2.52. The maximum Gasteiger partial charge on any atom is 0.260 e. The van der Waals surface area contributed by atoms with Crippen LogP contribution in [0, 0.1) is 11.6 Å². The smallest absolute Gasteiger partial charge is 0.260 e. The summed E-state index contributed by atoms with van der Waals surface area (Å²) in [7, 11) is 0. The Bertz CT molecular complexity index is 848. The topological polar surface area (TPSA) is 55.1 Å². The van der Waals surface area contributed by atoms with Crippen LogP contribution in [0.4, 0.5) is 14.6 Å². The lowest BCUT2D eigenvalue weighted by atomic mass is 10.2. The summed E-state index contributed by atoms with van der Waals surface area (Å²) in [5.74, 6) is -2.96. The van der Waals surface area contributed by atoms with Crippen molar-refractivity contribution in [1.82, 2.24) is 5.16 Å². The Hall–Kier alpha value is -2.28. The van der Waals surface area contributed by atoms with Crippen molar-refractivity contribution in [2.45, 2.75) is 0 Å². The van der Waals surface area contributed by atoms with E-state index in [1.54, 1.807) is 18.2 Å². The summed E-state index contributed by atoms with van der Waals surface area (Å²) in [6.07, 6.45) is 0. The molecule has 1 aromatic heterocycles. The summed E-state index contributed by atoms with van der Waals surface area (Å²) >= 11 is 3.29. The highest BCUT2D eigenvalue weighted by Gasteiger charge is 2.18. The lowest BCUT2D eigenvalue weighted by Crippen LogP contribution is -2.14. The van der Waals surface area contributed by atoms with Crippen LogP contribution >= 0.6 is 15.9 Å². The van der Waals surface area contributed by atoms with Crippen LogP contribution in [-0.4, -0.2) is 11.1 Å². The molecule has 7 heteroatoms. The highest BCUT2D eigenvalue weighted by Crippen LogP contribution is 2.26. The summed E-state index contributed by atoms with van der Waals surface area (Å²) in [6.45, 7) is 0. The molecule has 2 aromatic carbocycles. The van der Waals surface area contributed by atoms with Crippen LogP contribution < -0.4 is 5.32 Å². The molecule has 0 bridgehead atoms. The fourth-order valence-electron chi connectivity index (χ4n) is 1.86. The second kappa shape index (κ2) is 5.25. The summed E-state index contributed by atoms with van der Waals surface area (Å²) in [5.41, 5.74) is 0.0642. The molecule has 21 heavy (non-hydrogen) atoms. The number of carbonyl (C=O) groups excluding carboxylic acids is 1. The van der Waals surface area contributed by atoms with Gasteiger partial charge in [-0.2, -0.15) is 0 Å². The standard InChI is InChI=1S/C14H7BrF2N2O2/c15-7-4-5-11-9(6-7)13(19-21-11)18-14(20)8-2-1-3-10(16)12(8)17/h1-6H,(H,18,19,20). The quantitative estimate of drug-likeness (QED) is 0.754. The number of benzene rings is 2. The predicted octanol–water partition coefficient (Wildman–Crippen LogP) is 4.12. The van der Waals surface area contributed by atoms with Gasteiger partial charge in [-0.1, -0.05) is 27.2 Å². The van der Waals surface area contributed by atoms with E-state index in [-0.39, 0.29) is 5.82 Å². The lowest BCUT2D eigenvalue weighted by Gasteiger charge is -2.04. The number of fused-ring (bicyclic) bond motifs is 1. The van der Waals surface area contributed by atoms with Crippen LogP contribution in [0.15, 0.2) is 45.4 Å². The predicted molar refractivity (Wildman–Crippen MR) is 76.0 cm³/mol. The maximum atomic E-state index is 13.6. The lowest BCUT2D eigenvalue weighted by molar-refractivity contribution is 0.102. The van der Waals surface area contributed by atoms with E-state index in [0.717, 1.165) is 10.5 Å². The number of hydrogen-bond donors (Lipinski definition) is 1. The Morgan fingerprint density at radius 3 is 2.86 bits per heavy atom. The molecule has 0 aliphatic rings. The van der Waals surface area contributed by atoms with E-state index in [2.05, 4.69) is 26.4 Å². The molecule has 1 N–H and O–H groups in total. The minimum atomic E-state index is -1.20. The van der Waals surface area contributed by atoms with Gasteiger partial charge in [-0.15, -0.1) is 0 Å². The molecule has 0 aliphatic carbocycles. The second-order valence-corrected chi connectivity index (χ2v) is 5.14. The first-order chi connectivity index (χ1) is 10.1. The van der Waals surface area contributed by atoms with E-state index >= 15 is 0 Å². The molecule has 0 radical (unpaired) electrons. The second-order valence-electron chi connectivity index (χ2n) is 4.23. The fourth-order valence-corrected chi connectivity index (χ4v) is 2.22. The highest BCUT2D eigenvalue weighted by atomic mass is 79.9. The number of nitrogens with one attached hydrogen (secondary N) is 1. The maximum absolute atomic E-state index is 13.6. The van der Waals surface area contributed by atoms with Crippen molar-refractivity contribution in [2.24, 2.45) is 0 Å². The van der Waals surface area contributed by atoms with E-state index in [0.29, 0.717) is 11.0 Å². The molecule has 1 amide bonds. The molecule has 106 valence electrons. The number of rotatable bonds is 2. The molecular weight excluding hydrogens is 346 g/mol. The summed E-state index contributed by atoms with van der Waals surface area (Å²) in [6, 6.07) is 8.51. The van der Waals surface area contributed by atoms with Crippen LogP contribution in [0.5, 0.6) is 0 Å². The van der Waals surface area contributed by atoms with Crippen LogP contribution in [0.2, 0.25) is 0 Å². The van der Waals surface area contributed by atoms with Gasteiger partial charge in [0.25, 0.3) is 5.91 Å². The molecule has 0 atom stereocenters.